The third-order valence-corrected chi connectivity index (χ3v) is 4.18. The average molecular weight is 285 g/mol. The topological polar surface area (TPSA) is 64.9 Å². The minimum atomic E-state index is -0.162. The van der Waals surface area contributed by atoms with Gasteiger partial charge >= 0.3 is 0 Å². The predicted octanol–water partition coefficient (Wildman–Crippen LogP) is 3.58. The fourth-order valence-electron chi connectivity index (χ4n) is 3.17. The second-order valence-electron chi connectivity index (χ2n) is 6.37. The highest BCUT2D eigenvalue weighted by molar-refractivity contribution is 5.36. The highest BCUT2D eigenvalue weighted by Gasteiger charge is 2.26. The summed E-state index contributed by atoms with van der Waals surface area (Å²) < 4.78 is 5.41. The van der Waals surface area contributed by atoms with Crippen LogP contribution in [0.4, 0.5) is 0 Å². The van der Waals surface area contributed by atoms with E-state index in [-0.39, 0.29) is 12.0 Å². The average Bonchev–Trinajstić information content (AvgIpc) is 2.95. The maximum absolute atomic E-state index is 6.14. The van der Waals surface area contributed by atoms with Crippen molar-refractivity contribution in [1.29, 1.82) is 0 Å². The zero-order valence-electron chi connectivity index (χ0n) is 12.7. The molecule has 0 aliphatic heterocycles. The van der Waals surface area contributed by atoms with Gasteiger partial charge in [-0.25, -0.2) is 0 Å². The van der Waals surface area contributed by atoms with E-state index in [1.54, 1.807) is 0 Å². The monoisotopic (exact) mass is 285 g/mol. The van der Waals surface area contributed by atoms with Crippen LogP contribution in [-0.2, 0) is 6.42 Å². The van der Waals surface area contributed by atoms with Gasteiger partial charge in [-0.3, -0.25) is 0 Å². The first-order chi connectivity index (χ1) is 10.1. The zero-order chi connectivity index (χ0) is 14.8. The largest absolute Gasteiger partial charge is 0.338 e. The fraction of sp³-hybridized carbons (Fsp3) is 0.529. The van der Waals surface area contributed by atoms with Gasteiger partial charge in [0.2, 0.25) is 5.89 Å². The van der Waals surface area contributed by atoms with Crippen LogP contribution in [0.3, 0.4) is 0 Å². The maximum atomic E-state index is 6.14. The molecular formula is C17H23N3O. The molecule has 1 heterocycles. The highest BCUT2D eigenvalue weighted by atomic mass is 16.5. The molecule has 2 atom stereocenters. The second-order valence-corrected chi connectivity index (χ2v) is 6.37. The molecule has 0 fully saturated rings. The lowest BCUT2D eigenvalue weighted by Crippen LogP contribution is -2.15. The van der Waals surface area contributed by atoms with E-state index in [9.17, 15) is 0 Å². The van der Waals surface area contributed by atoms with Crippen molar-refractivity contribution >= 4 is 0 Å². The van der Waals surface area contributed by atoms with Crippen molar-refractivity contribution in [3.8, 4) is 0 Å². The second kappa shape index (κ2) is 5.98. The Balaban J connectivity index is 1.84. The van der Waals surface area contributed by atoms with Crippen molar-refractivity contribution in [2.45, 2.75) is 51.5 Å². The van der Waals surface area contributed by atoms with Crippen molar-refractivity contribution in [2.24, 2.45) is 11.7 Å². The predicted molar refractivity (Wildman–Crippen MR) is 81.9 cm³/mol. The van der Waals surface area contributed by atoms with Gasteiger partial charge in [0.05, 0.1) is 6.04 Å². The van der Waals surface area contributed by atoms with Gasteiger partial charge in [0, 0.05) is 5.92 Å². The van der Waals surface area contributed by atoms with E-state index in [2.05, 4.69) is 48.3 Å². The molecule has 0 saturated carbocycles. The molecule has 21 heavy (non-hydrogen) atoms. The first-order valence-corrected chi connectivity index (χ1v) is 7.82. The van der Waals surface area contributed by atoms with Crippen molar-refractivity contribution in [3.63, 3.8) is 0 Å². The van der Waals surface area contributed by atoms with E-state index < -0.39 is 0 Å². The number of fused-ring (bicyclic) bond motifs is 1. The first kappa shape index (κ1) is 14.3. The maximum Gasteiger partial charge on any atom is 0.243 e. The van der Waals surface area contributed by atoms with Gasteiger partial charge in [-0.1, -0.05) is 43.3 Å². The number of benzene rings is 1. The number of hydrogen-bond donors (Lipinski definition) is 1. The van der Waals surface area contributed by atoms with Gasteiger partial charge in [0.15, 0.2) is 5.82 Å². The Morgan fingerprint density at radius 2 is 2.14 bits per heavy atom. The summed E-state index contributed by atoms with van der Waals surface area (Å²) >= 11 is 0. The minimum absolute atomic E-state index is 0.162. The summed E-state index contributed by atoms with van der Waals surface area (Å²) in [5, 5.41) is 4.20. The van der Waals surface area contributed by atoms with Crippen molar-refractivity contribution < 1.29 is 4.52 Å². The molecule has 0 saturated heterocycles. The molecule has 1 aromatic carbocycles. The van der Waals surface area contributed by atoms with Crippen LogP contribution in [-0.4, -0.2) is 10.1 Å². The molecule has 2 N–H and O–H groups in total. The van der Waals surface area contributed by atoms with E-state index in [0.717, 1.165) is 25.1 Å². The van der Waals surface area contributed by atoms with Crippen molar-refractivity contribution in [2.75, 3.05) is 0 Å². The van der Waals surface area contributed by atoms with Crippen LogP contribution in [0, 0.1) is 5.92 Å². The van der Waals surface area contributed by atoms with Gasteiger partial charge < -0.3 is 10.3 Å². The lowest BCUT2D eigenvalue weighted by Gasteiger charge is -2.22. The van der Waals surface area contributed by atoms with Crippen molar-refractivity contribution in [1.82, 2.24) is 10.1 Å². The molecule has 0 bridgehead atoms. The Hall–Kier alpha value is -1.68. The van der Waals surface area contributed by atoms with Crippen LogP contribution >= 0.6 is 0 Å². The van der Waals surface area contributed by atoms with Gasteiger partial charge in [0.25, 0.3) is 0 Å². The molecule has 0 spiro atoms. The Labute approximate surface area is 125 Å². The van der Waals surface area contributed by atoms with E-state index in [4.69, 9.17) is 10.3 Å². The van der Waals surface area contributed by atoms with Crippen LogP contribution in [0.5, 0.6) is 0 Å². The van der Waals surface area contributed by atoms with Gasteiger partial charge in [0.1, 0.15) is 0 Å². The Morgan fingerprint density at radius 3 is 2.95 bits per heavy atom. The molecule has 2 unspecified atom stereocenters. The number of aromatic nitrogens is 2. The number of rotatable bonds is 4. The van der Waals surface area contributed by atoms with Crippen molar-refractivity contribution in [3.05, 3.63) is 47.1 Å². The summed E-state index contributed by atoms with van der Waals surface area (Å²) in [6, 6.07) is 8.41. The normalized spacial score (nSPS) is 19.5. The zero-order valence-corrected chi connectivity index (χ0v) is 12.7. The molecule has 1 aliphatic rings. The molecular weight excluding hydrogens is 262 g/mol. The molecule has 4 heteroatoms. The van der Waals surface area contributed by atoms with E-state index >= 15 is 0 Å². The summed E-state index contributed by atoms with van der Waals surface area (Å²) in [5.41, 5.74) is 8.89. The number of hydrogen-bond acceptors (Lipinski definition) is 4. The summed E-state index contributed by atoms with van der Waals surface area (Å²) in [7, 11) is 0. The molecule has 112 valence electrons. The Bertz CT molecular complexity index is 606. The van der Waals surface area contributed by atoms with Crippen LogP contribution < -0.4 is 5.73 Å². The quantitative estimate of drug-likeness (QED) is 0.932. The SMILES string of the molecule is CC(C)CC(N)c1nc(C2CCCc3ccccc32)no1. The number of nitrogens with zero attached hydrogens (tertiary/aromatic N) is 2. The molecule has 3 rings (SSSR count). The third-order valence-electron chi connectivity index (χ3n) is 4.18. The fourth-order valence-corrected chi connectivity index (χ4v) is 3.17. The smallest absolute Gasteiger partial charge is 0.243 e. The summed E-state index contributed by atoms with van der Waals surface area (Å²) in [6.07, 6.45) is 4.26. The Morgan fingerprint density at radius 1 is 1.33 bits per heavy atom. The van der Waals surface area contributed by atoms with Gasteiger partial charge in [-0.15, -0.1) is 0 Å². The number of nitrogens with two attached hydrogens (primary N) is 1. The molecule has 1 aromatic heterocycles. The van der Waals surface area contributed by atoms with Crippen LogP contribution in [0.2, 0.25) is 0 Å². The van der Waals surface area contributed by atoms with E-state index in [0.29, 0.717) is 11.8 Å². The van der Waals surface area contributed by atoms with Gasteiger partial charge in [-0.2, -0.15) is 4.98 Å². The first-order valence-electron chi connectivity index (χ1n) is 7.82. The molecule has 1 aliphatic carbocycles. The summed E-state index contributed by atoms with van der Waals surface area (Å²) in [6.45, 7) is 4.29. The summed E-state index contributed by atoms with van der Waals surface area (Å²) in [5.74, 6) is 2.13. The van der Waals surface area contributed by atoms with E-state index in [1.807, 2.05) is 0 Å². The molecule has 0 amide bonds. The van der Waals surface area contributed by atoms with E-state index in [1.165, 1.54) is 17.5 Å². The molecule has 4 nitrogen and oxygen atoms in total. The highest BCUT2D eigenvalue weighted by Crippen LogP contribution is 2.35. The Kier molecular flexibility index (Phi) is 4.06. The summed E-state index contributed by atoms with van der Waals surface area (Å²) in [4.78, 5) is 4.58. The molecule has 0 radical (unpaired) electrons. The van der Waals surface area contributed by atoms with Crippen LogP contribution in [0.25, 0.3) is 0 Å². The number of aryl methyl sites for hydroxylation is 1. The molecule has 2 aromatic rings. The lowest BCUT2D eigenvalue weighted by atomic mass is 9.82. The lowest BCUT2D eigenvalue weighted by molar-refractivity contribution is 0.331. The van der Waals surface area contributed by atoms with Crippen LogP contribution in [0.15, 0.2) is 28.8 Å². The standard InChI is InChI=1S/C17H23N3O/c1-11(2)10-15(18)17-19-16(20-21-17)14-9-5-7-12-6-3-4-8-13(12)14/h3-4,6,8,11,14-15H,5,7,9-10,18H2,1-2H3. The minimum Gasteiger partial charge on any atom is -0.338 e. The van der Waals surface area contributed by atoms with Gasteiger partial charge in [-0.05, 0) is 42.7 Å². The third kappa shape index (κ3) is 3.00. The van der Waals surface area contributed by atoms with Crippen LogP contribution in [0.1, 0.15) is 67.9 Å².